The maximum atomic E-state index is 12.5. The zero-order chi connectivity index (χ0) is 15.2. The summed E-state index contributed by atoms with van der Waals surface area (Å²) in [7, 11) is 0. The lowest BCUT2D eigenvalue weighted by Gasteiger charge is -2.31. The molecule has 1 fully saturated rings. The van der Waals surface area contributed by atoms with Crippen molar-refractivity contribution in [1.29, 1.82) is 0 Å². The third-order valence-electron chi connectivity index (χ3n) is 3.99. The first-order valence-corrected chi connectivity index (χ1v) is 9.03. The van der Waals surface area contributed by atoms with Gasteiger partial charge in [-0.3, -0.25) is 4.79 Å². The van der Waals surface area contributed by atoms with Crippen molar-refractivity contribution in [1.82, 2.24) is 10.3 Å². The summed E-state index contributed by atoms with van der Waals surface area (Å²) in [6, 6.07) is 3.81. The number of carbonyl (C=O) groups is 1. The van der Waals surface area contributed by atoms with Crippen LogP contribution in [0.5, 0.6) is 0 Å². The molecule has 3 N–H and O–H groups in total. The molecule has 1 aliphatic rings. The highest BCUT2D eigenvalue weighted by Crippen LogP contribution is 2.27. The Morgan fingerprint density at radius 2 is 2.19 bits per heavy atom. The predicted molar refractivity (Wildman–Crippen MR) is 89.7 cm³/mol. The molecule has 21 heavy (non-hydrogen) atoms. The Hall–Kier alpha value is -1.23. The van der Waals surface area contributed by atoms with Gasteiger partial charge in [0, 0.05) is 22.5 Å². The fourth-order valence-corrected chi connectivity index (χ4v) is 3.86. The van der Waals surface area contributed by atoms with Crippen LogP contribution >= 0.6 is 11.8 Å². The van der Waals surface area contributed by atoms with E-state index in [0.717, 1.165) is 25.0 Å². The van der Waals surface area contributed by atoms with E-state index in [-0.39, 0.29) is 11.9 Å². The highest BCUT2D eigenvalue weighted by Gasteiger charge is 2.26. The number of pyridine rings is 1. The van der Waals surface area contributed by atoms with Gasteiger partial charge in [-0.05, 0) is 37.7 Å². The number of amides is 1. The van der Waals surface area contributed by atoms with Crippen LogP contribution in [0.3, 0.4) is 0 Å². The average Bonchev–Trinajstić information content (AvgIpc) is 2.47. The molecule has 0 aromatic carbocycles. The quantitative estimate of drug-likeness (QED) is 0.877. The number of aromatic nitrogens is 1. The summed E-state index contributed by atoms with van der Waals surface area (Å²) in [5.74, 6) is 0.406. The van der Waals surface area contributed by atoms with Gasteiger partial charge in [-0.1, -0.05) is 26.2 Å². The maximum absolute atomic E-state index is 12.5. The second-order valence-electron chi connectivity index (χ2n) is 5.66. The number of anilines is 1. The van der Waals surface area contributed by atoms with E-state index in [0.29, 0.717) is 16.6 Å². The van der Waals surface area contributed by atoms with Gasteiger partial charge >= 0.3 is 0 Å². The minimum atomic E-state index is -0.0209. The minimum Gasteiger partial charge on any atom is -0.384 e. The molecule has 4 nitrogen and oxygen atoms in total. The van der Waals surface area contributed by atoms with Crippen molar-refractivity contribution in [2.75, 3.05) is 12.0 Å². The van der Waals surface area contributed by atoms with Crippen molar-refractivity contribution in [2.24, 2.45) is 0 Å². The first-order chi connectivity index (χ1) is 10.1. The van der Waals surface area contributed by atoms with E-state index in [1.807, 2.05) is 17.8 Å². The molecule has 2 unspecified atom stereocenters. The van der Waals surface area contributed by atoms with Gasteiger partial charge in [0.2, 0.25) is 0 Å². The molecule has 1 saturated carbocycles. The number of thioether (sulfide) groups is 1. The second kappa shape index (κ2) is 7.69. The van der Waals surface area contributed by atoms with E-state index in [9.17, 15) is 4.79 Å². The van der Waals surface area contributed by atoms with E-state index in [1.54, 1.807) is 6.07 Å². The Morgan fingerprint density at radius 1 is 1.43 bits per heavy atom. The Balaban J connectivity index is 2.08. The van der Waals surface area contributed by atoms with Gasteiger partial charge in [-0.25, -0.2) is 4.98 Å². The number of nitrogens with zero attached hydrogens (tertiary/aromatic N) is 1. The number of hydrogen-bond donors (Lipinski definition) is 2. The normalized spacial score (nSPS) is 22.0. The number of aryl methyl sites for hydroxylation is 1. The fraction of sp³-hybridized carbons (Fsp3) is 0.625. The molecule has 1 aliphatic carbocycles. The van der Waals surface area contributed by atoms with Crippen molar-refractivity contribution in [3.63, 3.8) is 0 Å². The van der Waals surface area contributed by atoms with Crippen LogP contribution in [-0.4, -0.2) is 28.4 Å². The summed E-state index contributed by atoms with van der Waals surface area (Å²) in [5.41, 5.74) is 7.35. The molecular weight excluding hydrogens is 282 g/mol. The standard InChI is InChI=1S/C16H25N3OS/c1-3-6-12-9-11(10-15(17)18-12)16(20)19-13-7-4-5-8-14(13)21-2/h9-10,13-14H,3-8H2,1-2H3,(H2,17,18)(H,19,20). The molecule has 0 bridgehead atoms. The van der Waals surface area contributed by atoms with Gasteiger partial charge in [0.1, 0.15) is 5.82 Å². The van der Waals surface area contributed by atoms with Crippen molar-refractivity contribution in [3.8, 4) is 0 Å². The van der Waals surface area contributed by atoms with Gasteiger partial charge in [0.15, 0.2) is 0 Å². The molecule has 1 amide bonds. The SMILES string of the molecule is CCCc1cc(C(=O)NC2CCCCC2SC)cc(N)n1. The predicted octanol–water partition coefficient (Wildman–Crippen LogP) is 3.02. The van der Waals surface area contributed by atoms with E-state index in [4.69, 9.17) is 5.73 Å². The number of hydrogen-bond acceptors (Lipinski definition) is 4. The lowest BCUT2D eigenvalue weighted by atomic mass is 9.94. The van der Waals surface area contributed by atoms with Crippen LogP contribution in [0.4, 0.5) is 5.82 Å². The highest BCUT2D eigenvalue weighted by molar-refractivity contribution is 7.99. The molecule has 1 heterocycles. The third-order valence-corrected chi connectivity index (χ3v) is 5.16. The van der Waals surface area contributed by atoms with Crippen LogP contribution in [0.25, 0.3) is 0 Å². The molecule has 0 saturated heterocycles. The van der Waals surface area contributed by atoms with Crippen LogP contribution in [0.15, 0.2) is 12.1 Å². The Bertz CT molecular complexity index is 492. The van der Waals surface area contributed by atoms with Crippen LogP contribution in [0.1, 0.15) is 55.1 Å². The molecule has 2 atom stereocenters. The molecule has 5 heteroatoms. The first kappa shape index (κ1) is 16.1. The average molecular weight is 307 g/mol. The molecular formula is C16H25N3OS. The lowest BCUT2D eigenvalue weighted by molar-refractivity contribution is 0.0929. The first-order valence-electron chi connectivity index (χ1n) is 7.74. The smallest absolute Gasteiger partial charge is 0.251 e. The van der Waals surface area contributed by atoms with Crippen molar-refractivity contribution < 1.29 is 4.79 Å². The zero-order valence-electron chi connectivity index (χ0n) is 12.9. The third kappa shape index (κ3) is 4.37. The number of nitrogens with one attached hydrogen (secondary N) is 1. The molecule has 2 rings (SSSR count). The Morgan fingerprint density at radius 3 is 2.90 bits per heavy atom. The monoisotopic (exact) mass is 307 g/mol. The largest absolute Gasteiger partial charge is 0.384 e. The topological polar surface area (TPSA) is 68.0 Å². The second-order valence-corrected chi connectivity index (χ2v) is 6.74. The molecule has 0 radical (unpaired) electrons. The summed E-state index contributed by atoms with van der Waals surface area (Å²) in [5, 5.41) is 3.71. The minimum absolute atomic E-state index is 0.0209. The van der Waals surface area contributed by atoms with Gasteiger partial charge in [-0.15, -0.1) is 0 Å². The number of carbonyl (C=O) groups excluding carboxylic acids is 1. The van der Waals surface area contributed by atoms with Crippen LogP contribution in [-0.2, 0) is 6.42 Å². The Kier molecular flexibility index (Phi) is 5.91. The van der Waals surface area contributed by atoms with Crippen molar-refractivity contribution in [2.45, 2.75) is 56.7 Å². The van der Waals surface area contributed by atoms with Gasteiger partial charge in [0.05, 0.1) is 0 Å². The number of nitrogen functional groups attached to an aromatic ring is 1. The highest BCUT2D eigenvalue weighted by atomic mass is 32.2. The number of nitrogens with two attached hydrogens (primary N) is 1. The van der Waals surface area contributed by atoms with E-state index in [2.05, 4.69) is 23.5 Å². The molecule has 1 aromatic rings. The van der Waals surface area contributed by atoms with Gasteiger partial charge in [0.25, 0.3) is 5.91 Å². The summed E-state index contributed by atoms with van der Waals surface area (Å²) in [6.07, 6.45) is 8.68. The fourth-order valence-electron chi connectivity index (χ4n) is 2.92. The van der Waals surface area contributed by atoms with E-state index in [1.165, 1.54) is 19.3 Å². The van der Waals surface area contributed by atoms with Crippen molar-refractivity contribution >= 4 is 23.5 Å². The molecule has 0 spiro atoms. The Labute approximate surface area is 131 Å². The van der Waals surface area contributed by atoms with E-state index >= 15 is 0 Å². The van der Waals surface area contributed by atoms with Gasteiger partial charge < -0.3 is 11.1 Å². The molecule has 116 valence electrons. The van der Waals surface area contributed by atoms with Gasteiger partial charge in [-0.2, -0.15) is 11.8 Å². The molecule has 1 aromatic heterocycles. The maximum Gasteiger partial charge on any atom is 0.251 e. The van der Waals surface area contributed by atoms with E-state index < -0.39 is 0 Å². The summed E-state index contributed by atoms with van der Waals surface area (Å²) >= 11 is 1.85. The van der Waals surface area contributed by atoms with Crippen LogP contribution < -0.4 is 11.1 Å². The summed E-state index contributed by atoms with van der Waals surface area (Å²) in [4.78, 5) is 16.8. The summed E-state index contributed by atoms with van der Waals surface area (Å²) < 4.78 is 0. The van der Waals surface area contributed by atoms with Crippen LogP contribution in [0.2, 0.25) is 0 Å². The molecule has 0 aliphatic heterocycles. The summed E-state index contributed by atoms with van der Waals surface area (Å²) in [6.45, 7) is 2.09. The number of rotatable bonds is 5. The zero-order valence-corrected chi connectivity index (χ0v) is 13.7. The lowest BCUT2D eigenvalue weighted by Crippen LogP contribution is -2.43. The van der Waals surface area contributed by atoms with Crippen molar-refractivity contribution in [3.05, 3.63) is 23.4 Å². The van der Waals surface area contributed by atoms with Crippen LogP contribution in [0, 0.1) is 0 Å².